The van der Waals surface area contributed by atoms with Crippen LogP contribution in [0.15, 0.2) is 47.8 Å². The van der Waals surface area contributed by atoms with Gasteiger partial charge in [0, 0.05) is 29.7 Å². The minimum Gasteiger partial charge on any atom is -0.454 e. The Kier molecular flexibility index (Phi) is 6.27. The van der Waals surface area contributed by atoms with Crippen molar-refractivity contribution in [1.29, 1.82) is 0 Å². The van der Waals surface area contributed by atoms with Gasteiger partial charge < -0.3 is 25.0 Å². The van der Waals surface area contributed by atoms with Crippen LogP contribution in [0.3, 0.4) is 0 Å². The van der Waals surface area contributed by atoms with Gasteiger partial charge in [0.05, 0.1) is 12.2 Å². The number of likely N-dealkylation sites (N-methyl/N-ethyl adjacent to an activating group) is 1. The van der Waals surface area contributed by atoms with Crippen LogP contribution in [0.4, 0.5) is 5.69 Å². The summed E-state index contributed by atoms with van der Waals surface area (Å²) in [5, 5.41) is 9.35. The second-order valence-electron chi connectivity index (χ2n) is 7.30. The van der Waals surface area contributed by atoms with Gasteiger partial charge in [0.15, 0.2) is 11.5 Å². The molecule has 156 valence electrons. The zero-order valence-electron chi connectivity index (χ0n) is 17.0. The third kappa shape index (κ3) is 5.15. The standard InChI is InChI=1S/C22H24N4O3S/c1-26(2)12-21(27)24-17-5-3-4-15(8-17)10-23-11-18-13-30-22(25-18)16-6-7-19-20(9-16)29-14-28-19/h3-9,13,23H,10-12,14H2,1-2H3,(H,24,27). The van der Waals surface area contributed by atoms with Crippen molar-refractivity contribution >= 4 is 22.9 Å². The normalized spacial score (nSPS) is 12.4. The minimum atomic E-state index is -0.0244. The number of hydrogen-bond donors (Lipinski definition) is 2. The first-order chi connectivity index (χ1) is 14.6. The lowest BCUT2D eigenvalue weighted by molar-refractivity contribution is -0.116. The van der Waals surface area contributed by atoms with Crippen LogP contribution in [0.1, 0.15) is 11.3 Å². The number of anilines is 1. The topological polar surface area (TPSA) is 75.7 Å². The van der Waals surface area contributed by atoms with Crippen molar-refractivity contribution < 1.29 is 14.3 Å². The molecule has 30 heavy (non-hydrogen) atoms. The minimum absolute atomic E-state index is 0.0244. The van der Waals surface area contributed by atoms with Crippen molar-refractivity contribution in [2.45, 2.75) is 13.1 Å². The first-order valence-corrected chi connectivity index (χ1v) is 10.5. The van der Waals surface area contributed by atoms with Crippen molar-refractivity contribution in [3.8, 4) is 22.1 Å². The number of nitrogens with one attached hydrogen (secondary N) is 2. The molecule has 0 bridgehead atoms. The summed E-state index contributed by atoms with van der Waals surface area (Å²) in [4.78, 5) is 18.5. The molecule has 1 aliphatic heterocycles. The molecule has 0 saturated carbocycles. The Morgan fingerprint density at radius 2 is 2.00 bits per heavy atom. The highest BCUT2D eigenvalue weighted by Gasteiger charge is 2.15. The maximum Gasteiger partial charge on any atom is 0.238 e. The summed E-state index contributed by atoms with van der Waals surface area (Å²) in [5.74, 6) is 1.51. The monoisotopic (exact) mass is 424 g/mol. The number of benzene rings is 2. The molecule has 2 aromatic carbocycles. The Morgan fingerprint density at radius 1 is 1.13 bits per heavy atom. The summed E-state index contributed by atoms with van der Waals surface area (Å²) in [6, 6.07) is 13.8. The molecule has 4 rings (SSSR count). The summed E-state index contributed by atoms with van der Waals surface area (Å²) >= 11 is 1.61. The number of hydrogen-bond acceptors (Lipinski definition) is 7. The molecular formula is C22H24N4O3S. The predicted octanol–water partition coefficient (Wildman–Crippen LogP) is 3.33. The van der Waals surface area contributed by atoms with Gasteiger partial charge in [-0.25, -0.2) is 4.98 Å². The lowest BCUT2D eigenvalue weighted by Crippen LogP contribution is -2.27. The Bertz CT molecular complexity index is 1030. The lowest BCUT2D eigenvalue weighted by Gasteiger charge is -2.11. The second kappa shape index (κ2) is 9.25. The van der Waals surface area contributed by atoms with E-state index in [2.05, 4.69) is 16.0 Å². The van der Waals surface area contributed by atoms with E-state index in [0.717, 1.165) is 39.0 Å². The molecule has 0 radical (unpaired) electrons. The molecule has 3 aromatic rings. The molecule has 0 atom stereocenters. The molecule has 0 aliphatic carbocycles. The van der Waals surface area contributed by atoms with E-state index in [1.165, 1.54) is 0 Å². The van der Waals surface area contributed by atoms with E-state index in [-0.39, 0.29) is 12.7 Å². The Hall–Kier alpha value is -2.94. The maximum absolute atomic E-state index is 11.9. The predicted molar refractivity (Wildman–Crippen MR) is 118 cm³/mol. The quantitative estimate of drug-likeness (QED) is 0.578. The van der Waals surface area contributed by atoms with Crippen LogP contribution in [-0.2, 0) is 17.9 Å². The SMILES string of the molecule is CN(C)CC(=O)Nc1cccc(CNCc2csc(-c3ccc4c(c3)OCO4)n2)c1. The second-order valence-corrected chi connectivity index (χ2v) is 8.16. The van der Waals surface area contributed by atoms with E-state index in [1.54, 1.807) is 11.3 Å². The molecule has 0 spiro atoms. The van der Waals surface area contributed by atoms with Gasteiger partial charge >= 0.3 is 0 Å². The van der Waals surface area contributed by atoms with Gasteiger partial charge in [-0.3, -0.25) is 4.79 Å². The fraction of sp³-hybridized carbons (Fsp3) is 0.273. The van der Waals surface area contributed by atoms with E-state index < -0.39 is 0 Å². The third-order valence-corrected chi connectivity index (χ3v) is 5.42. The smallest absolute Gasteiger partial charge is 0.238 e. The van der Waals surface area contributed by atoms with Crippen LogP contribution in [0.25, 0.3) is 10.6 Å². The van der Waals surface area contributed by atoms with Crippen molar-refractivity contribution in [3.05, 3.63) is 59.1 Å². The number of carbonyl (C=O) groups is 1. The van der Waals surface area contributed by atoms with Crippen molar-refractivity contribution in [2.24, 2.45) is 0 Å². The van der Waals surface area contributed by atoms with Crippen LogP contribution < -0.4 is 20.1 Å². The van der Waals surface area contributed by atoms with Crippen molar-refractivity contribution in [1.82, 2.24) is 15.2 Å². The molecule has 7 nitrogen and oxygen atoms in total. The molecule has 2 N–H and O–H groups in total. The highest BCUT2D eigenvalue weighted by Crippen LogP contribution is 2.36. The van der Waals surface area contributed by atoms with Crippen LogP contribution in [-0.4, -0.2) is 43.2 Å². The van der Waals surface area contributed by atoms with Gasteiger partial charge in [-0.05, 0) is 50.0 Å². The summed E-state index contributed by atoms with van der Waals surface area (Å²) in [5.41, 5.74) is 3.92. The molecule has 2 heterocycles. The number of fused-ring (bicyclic) bond motifs is 1. The number of amides is 1. The lowest BCUT2D eigenvalue weighted by atomic mass is 10.2. The molecular weight excluding hydrogens is 400 g/mol. The van der Waals surface area contributed by atoms with E-state index in [0.29, 0.717) is 19.6 Å². The third-order valence-electron chi connectivity index (χ3n) is 4.48. The van der Waals surface area contributed by atoms with Crippen molar-refractivity contribution in [3.63, 3.8) is 0 Å². The summed E-state index contributed by atoms with van der Waals surface area (Å²) in [6.45, 7) is 1.98. The van der Waals surface area contributed by atoms with Gasteiger partial charge in [-0.15, -0.1) is 11.3 Å². The van der Waals surface area contributed by atoms with Crippen LogP contribution in [0.5, 0.6) is 11.5 Å². The summed E-state index contributed by atoms with van der Waals surface area (Å²) < 4.78 is 10.8. The molecule has 1 aromatic heterocycles. The van der Waals surface area contributed by atoms with Gasteiger partial charge in [0.2, 0.25) is 12.7 Å². The van der Waals surface area contributed by atoms with Gasteiger partial charge in [0.1, 0.15) is 5.01 Å². The molecule has 1 amide bonds. The average Bonchev–Trinajstić information content (AvgIpc) is 3.36. The van der Waals surface area contributed by atoms with E-state index in [9.17, 15) is 4.79 Å². The Labute approximate surface area is 179 Å². The van der Waals surface area contributed by atoms with Crippen LogP contribution in [0, 0.1) is 0 Å². The maximum atomic E-state index is 11.9. The van der Waals surface area contributed by atoms with Gasteiger partial charge in [-0.1, -0.05) is 12.1 Å². The first-order valence-electron chi connectivity index (χ1n) is 9.65. The highest BCUT2D eigenvalue weighted by molar-refractivity contribution is 7.13. The molecule has 0 fully saturated rings. The summed E-state index contributed by atoms with van der Waals surface area (Å²) in [7, 11) is 3.74. The molecule has 8 heteroatoms. The molecule has 0 unspecified atom stereocenters. The number of nitrogens with zero attached hydrogens (tertiary/aromatic N) is 2. The fourth-order valence-electron chi connectivity index (χ4n) is 3.13. The number of ether oxygens (including phenoxy) is 2. The highest BCUT2D eigenvalue weighted by atomic mass is 32.1. The number of thiazole rings is 1. The summed E-state index contributed by atoms with van der Waals surface area (Å²) in [6.07, 6.45) is 0. The molecule has 1 aliphatic rings. The zero-order chi connectivity index (χ0) is 20.9. The molecule has 0 saturated heterocycles. The van der Waals surface area contributed by atoms with Gasteiger partial charge in [0.25, 0.3) is 0 Å². The number of carbonyl (C=O) groups excluding carboxylic acids is 1. The Morgan fingerprint density at radius 3 is 2.87 bits per heavy atom. The van der Waals surface area contributed by atoms with E-state index >= 15 is 0 Å². The average molecular weight is 425 g/mol. The zero-order valence-corrected chi connectivity index (χ0v) is 17.8. The van der Waals surface area contributed by atoms with Crippen molar-refractivity contribution in [2.75, 3.05) is 32.7 Å². The first kappa shape index (κ1) is 20.3. The van der Waals surface area contributed by atoms with Crippen LogP contribution >= 0.6 is 11.3 Å². The van der Waals surface area contributed by atoms with E-state index in [4.69, 9.17) is 14.5 Å². The number of aromatic nitrogens is 1. The van der Waals surface area contributed by atoms with Gasteiger partial charge in [-0.2, -0.15) is 0 Å². The largest absolute Gasteiger partial charge is 0.454 e. The van der Waals surface area contributed by atoms with Crippen LogP contribution in [0.2, 0.25) is 0 Å². The fourth-order valence-corrected chi connectivity index (χ4v) is 3.95. The Balaban J connectivity index is 1.31. The number of rotatable bonds is 8. The van der Waals surface area contributed by atoms with E-state index in [1.807, 2.05) is 61.5 Å².